The first-order valence-corrected chi connectivity index (χ1v) is 9.77. The van der Waals surface area contributed by atoms with Crippen LogP contribution in [0.25, 0.3) is 0 Å². The Morgan fingerprint density at radius 2 is 2.00 bits per heavy atom. The van der Waals surface area contributed by atoms with Gasteiger partial charge in [0.1, 0.15) is 0 Å². The van der Waals surface area contributed by atoms with Crippen LogP contribution in [-0.2, 0) is 0 Å². The molecule has 2 spiro atoms. The summed E-state index contributed by atoms with van der Waals surface area (Å²) < 4.78 is 0. The Hall–Kier alpha value is -0.380. The highest BCUT2D eigenvalue weighted by Gasteiger charge is 2.89. The molecule has 3 heterocycles. The van der Waals surface area contributed by atoms with Gasteiger partial charge < -0.3 is 10.2 Å². The minimum Gasteiger partial charge on any atom is -0.392 e. The van der Waals surface area contributed by atoms with Gasteiger partial charge >= 0.3 is 0 Å². The van der Waals surface area contributed by atoms with Crippen molar-refractivity contribution < 1.29 is 10.2 Å². The highest BCUT2D eigenvalue weighted by atomic mass is 16.3. The molecule has 9 fully saturated rings. The maximum Gasteiger partial charge on any atom is 0.0815 e. The number of rotatable bonds is 0. The van der Waals surface area contributed by atoms with Gasteiger partial charge in [-0.15, -0.1) is 0 Å². The molecule has 0 amide bonds. The zero-order valence-corrected chi connectivity index (χ0v) is 13.9. The molecular formula is C20H27NO2. The van der Waals surface area contributed by atoms with E-state index in [1.54, 1.807) is 0 Å². The third-order valence-electron chi connectivity index (χ3n) is 10.3. The van der Waals surface area contributed by atoms with Gasteiger partial charge in [-0.1, -0.05) is 19.9 Å². The molecule has 9 aliphatic rings. The summed E-state index contributed by atoms with van der Waals surface area (Å²) in [4.78, 5) is 2.88. The minimum absolute atomic E-state index is 0.0316. The van der Waals surface area contributed by atoms with Crippen LogP contribution in [0, 0.1) is 39.9 Å². The van der Waals surface area contributed by atoms with Crippen LogP contribution in [0.5, 0.6) is 0 Å². The van der Waals surface area contributed by atoms with Gasteiger partial charge in [-0.25, -0.2) is 0 Å². The fourth-order valence-electron chi connectivity index (χ4n) is 10.5. The summed E-state index contributed by atoms with van der Waals surface area (Å²) in [5.41, 5.74) is 1.72. The smallest absolute Gasteiger partial charge is 0.0815 e. The second-order valence-electron chi connectivity index (χ2n) is 10.5. The minimum atomic E-state index is -0.349. The summed E-state index contributed by atoms with van der Waals surface area (Å²) in [7, 11) is 0. The molecule has 6 aliphatic carbocycles. The summed E-state index contributed by atoms with van der Waals surface area (Å²) in [5.74, 6) is 1.90. The maximum absolute atomic E-state index is 11.3. The van der Waals surface area contributed by atoms with E-state index in [-0.39, 0.29) is 23.5 Å². The molecule has 6 saturated carbocycles. The standard InChI is InChI=1S/C20H27NO2/c1-9-10-6-11-16-19-5-3-4-18(2)8-21(16)12(14(18)19)7-20(11,17(9)23)15(19)13(10)22/h10-17,22-23H,1,3-8H2,2H3/t10-,11-,12+,13?,14-,15+,16?,17?,18+,19+,20?/m1/s1. The van der Waals surface area contributed by atoms with Crippen LogP contribution >= 0.6 is 0 Å². The Labute approximate surface area is 137 Å². The Balaban J connectivity index is 1.55. The highest BCUT2D eigenvalue weighted by molar-refractivity contribution is 5.43. The summed E-state index contributed by atoms with van der Waals surface area (Å²) in [6.07, 6.45) is 5.64. The lowest BCUT2D eigenvalue weighted by Crippen LogP contribution is -2.68. The topological polar surface area (TPSA) is 43.7 Å². The molecule has 0 aromatic heterocycles. The molecule has 3 aliphatic heterocycles. The molecule has 0 aromatic rings. The molecule has 9 bridgehead atoms. The van der Waals surface area contributed by atoms with Gasteiger partial charge in [0.15, 0.2) is 0 Å². The van der Waals surface area contributed by atoms with Gasteiger partial charge in [-0.2, -0.15) is 0 Å². The average Bonchev–Trinajstić information content (AvgIpc) is 2.93. The largest absolute Gasteiger partial charge is 0.392 e. The summed E-state index contributed by atoms with van der Waals surface area (Å²) in [6, 6.07) is 1.34. The van der Waals surface area contributed by atoms with Crippen molar-refractivity contribution in [3.8, 4) is 0 Å². The number of nitrogens with zero attached hydrogens (tertiary/aromatic N) is 1. The van der Waals surface area contributed by atoms with Crippen LogP contribution in [-0.4, -0.2) is 45.9 Å². The van der Waals surface area contributed by atoms with Crippen molar-refractivity contribution >= 4 is 0 Å². The lowest BCUT2D eigenvalue weighted by Gasteiger charge is -2.66. The molecule has 3 nitrogen and oxygen atoms in total. The molecule has 23 heavy (non-hydrogen) atoms. The summed E-state index contributed by atoms with van der Waals surface area (Å²) in [6.45, 7) is 8.04. The molecule has 0 radical (unpaired) electrons. The molecule has 5 unspecified atom stereocenters. The summed E-state index contributed by atoms with van der Waals surface area (Å²) in [5, 5.41) is 22.6. The number of piperidine rings is 2. The third kappa shape index (κ3) is 0.910. The number of hydrogen-bond acceptors (Lipinski definition) is 3. The van der Waals surface area contributed by atoms with Crippen LogP contribution < -0.4 is 0 Å². The predicted octanol–water partition coefficient (Wildman–Crippen LogP) is 1.79. The average molecular weight is 313 g/mol. The first-order valence-electron chi connectivity index (χ1n) is 9.77. The second-order valence-corrected chi connectivity index (χ2v) is 10.5. The van der Waals surface area contributed by atoms with Gasteiger partial charge in [0.2, 0.25) is 0 Å². The maximum atomic E-state index is 11.3. The van der Waals surface area contributed by atoms with Crippen molar-refractivity contribution in [1.82, 2.24) is 4.90 Å². The molecule has 0 aromatic carbocycles. The Morgan fingerprint density at radius 1 is 1.17 bits per heavy atom. The van der Waals surface area contributed by atoms with E-state index in [0.29, 0.717) is 34.7 Å². The zero-order chi connectivity index (χ0) is 15.5. The third-order valence-corrected chi connectivity index (χ3v) is 10.3. The van der Waals surface area contributed by atoms with Crippen molar-refractivity contribution in [3.63, 3.8) is 0 Å². The predicted molar refractivity (Wildman–Crippen MR) is 85.5 cm³/mol. The van der Waals surface area contributed by atoms with E-state index < -0.39 is 0 Å². The Bertz CT molecular complexity index is 677. The van der Waals surface area contributed by atoms with Gasteiger partial charge in [-0.05, 0) is 53.9 Å². The van der Waals surface area contributed by atoms with Crippen molar-refractivity contribution in [2.45, 2.75) is 63.3 Å². The molecule has 3 heteroatoms. The van der Waals surface area contributed by atoms with Crippen molar-refractivity contribution in [2.24, 2.45) is 39.9 Å². The van der Waals surface area contributed by atoms with E-state index in [9.17, 15) is 10.2 Å². The van der Waals surface area contributed by atoms with E-state index in [2.05, 4.69) is 18.4 Å². The number of aliphatic hydroxyl groups excluding tert-OH is 2. The van der Waals surface area contributed by atoms with E-state index in [4.69, 9.17) is 0 Å². The van der Waals surface area contributed by atoms with Gasteiger partial charge in [0.25, 0.3) is 0 Å². The van der Waals surface area contributed by atoms with Crippen molar-refractivity contribution in [3.05, 3.63) is 12.2 Å². The van der Waals surface area contributed by atoms with Gasteiger partial charge in [-0.3, -0.25) is 4.90 Å². The molecule has 3 saturated heterocycles. The van der Waals surface area contributed by atoms with Crippen molar-refractivity contribution in [1.29, 1.82) is 0 Å². The summed E-state index contributed by atoms with van der Waals surface area (Å²) >= 11 is 0. The lowest BCUT2D eigenvalue weighted by molar-refractivity contribution is -0.213. The van der Waals surface area contributed by atoms with Crippen LogP contribution in [0.1, 0.15) is 39.0 Å². The number of fused-ring (bicyclic) bond motifs is 1. The van der Waals surface area contributed by atoms with E-state index in [1.165, 1.54) is 25.8 Å². The zero-order valence-electron chi connectivity index (χ0n) is 13.9. The quantitative estimate of drug-likeness (QED) is 0.670. The number of aliphatic hydroxyl groups is 2. The SMILES string of the molecule is C=C1C(O)C23C[C@H]4[C@@H]5[C@@]6(C)CCC[C@]57C([C@H]2C[C@H]1C(O)[C@H]37)N4C6. The molecule has 124 valence electrons. The van der Waals surface area contributed by atoms with E-state index in [0.717, 1.165) is 24.3 Å². The van der Waals surface area contributed by atoms with E-state index >= 15 is 0 Å². The first kappa shape index (κ1) is 12.9. The molecule has 12 atom stereocenters. The second kappa shape index (κ2) is 3.20. The fourth-order valence-corrected chi connectivity index (χ4v) is 10.5. The monoisotopic (exact) mass is 313 g/mol. The fraction of sp³-hybridized carbons (Fsp3) is 0.900. The Morgan fingerprint density at radius 3 is 2.83 bits per heavy atom. The van der Waals surface area contributed by atoms with Gasteiger partial charge in [0, 0.05) is 35.9 Å². The molecule has 9 rings (SSSR count). The molecule has 2 N–H and O–H groups in total. The van der Waals surface area contributed by atoms with Crippen molar-refractivity contribution in [2.75, 3.05) is 6.54 Å². The highest BCUT2D eigenvalue weighted by Crippen LogP contribution is 2.86. The van der Waals surface area contributed by atoms with Gasteiger partial charge in [0.05, 0.1) is 12.2 Å². The number of hydrogen-bond donors (Lipinski definition) is 2. The van der Waals surface area contributed by atoms with Crippen LogP contribution in [0.15, 0.2) is 12.2 Å². The first-order chi connectivity index (χ1) is 11.0. The van der Waals surface area contributed by atoms with Crippen LogP contribution in [0.3, 0.4) is 0 Å². The normalized spacial score (nSPS) is 75.6. The van der Waals surface area contributed by atoms with Crippen LogP contribution in [0.2, 0.25) is 0 Å². The van der Waals surface area contributed by atoms with E-state index in [1.807, 2.05) is 0 Å². The lowest BCUT2D eigenvalue weighted by atomic mass is 9.39. The molecular weight excluding hydrogens is 286 g/mol. The Kier molecular flexibility index (Phi) is 1.79. The van der Waals surface area contributed by atoms with Crippen LogP contribution in [0.4, 0.5) is 0 Å².